The Bertz CT molecular complexity index is 936. The summed E-state index contributed by atoms with van der Waals surface area (Å²) in [5.41, 5.74) is 3.08. The molecule has 1 atom stereocenters. The van der Waals surface area contributed by atoms with E-state index in [9.17, 15) is 9.59 Å². The summed E-state index contributed by atoms with van der Waals surface area (Å²) < 4.78 is 2.24. The average molecular weight is 408 g/mol. The Balaban J connectivity index is 1.64. The molecule has 2 heterocycles. The molecule has 0 saturated heterocycles. The molecular formula is C25H33N3O2. The molecule has 2 amide bonds. The number of fused-ring (bicyclic) bond motifs is 1. The zero-order valence-corrected chi connectivity index (χ0v) is 18.6. The lowest BCUT2D eigenvalue weighted by molar-refractivity contribution is -0.150. The van der Waals surface area contributed by atoms with Crippen molar-refractivity contribution in [2.24, 2.45) is 5.92 Å². The number of aryl methyl sites for hydroxylation is 1. The predicted molar refractivity (Wildman–Crippen MR) is 118 cm³/mol. The SMILES string of the molecule is Cc1ccccc1[C@@H]1c2cccn2CCN1C(=O)CN(C(=O)C1CCC1)C(C)(C)C. The molecule has 0 spiro atoms. The molecule has 0 N–H and O–H groups in total. The summed E-state index contributed by atoms with van der Waals surface area (Å²) in [5.74, 6) is 0.246. The van der Waals surface area contributed by atoms with E-state index in [0.717, 1.165) is 37.1 Å². The van der Waals surface area contributed by atoms with Gasteiger partial charge >= 0.3 is 0 Å². The number of hydrogen-bond acceptors (Lipinski definition) is 2. The van der Waals surface area contributed by atoms with Crippen molar-refractivity contribution >= 4 is 11.8 Å². The minimum atomic E-state index is -0.378. The van der Waals surface area contributed by atoms with Gasteiger partial charge in [0.25, 0.3) is 0 Å². The molecule has 2 aliphatic rings. The zero-order valence-electron chi connectivity index (χ0n) is 18.6. The van der Waals surface area contributed by atoms with Crippen LogP contribution in [-0.4, -0.2) is 44.8 Å². The van der Waals surface area contributed by atoms with E-state index in [1.54, 1.807) is 0 Å². The van der Waals surface area contributed by atoms with Crippen molar-refractivity contribution < 1.29 is 9.59 Å². The van der Waals surface area contributed by atoms with Crippen LogP contribution < -0.4 is 0 Å². The van der Waals surface area contributed by atoms with Crippen molar-refractivity contribution in [1.29, 1.82) is 0 Å². The maximum absolute atomic E-state index is 13.6. The van der Waals surface area contributed by atoms with E-state index in [1.165, 1.54) is 5.56 Å². The van der Waals surface area contributed by atoms with Gasteiger partial charge in [-0.3, -0.25) is 9.59 Å². The quantitative estimate of drug-likeness (QED) is 0.764. The van der Waals surface area contributed by atoms with Crippen LogP contribution in [0.3, 0.4) is 0 Å². The second-order valence-corrected chi connectivity index (χ2v) is 9.70. The number of amides is 2. The lowest BCUT2D eigenvalue weighted by Gasteiger charge is -2.43. The Morgan fingerprint density at radius 2 is 1.80 bits per heavy atom. The monoisotopic (exact) mass is 407 g/mol. The first-order valence-electron chi connectivity index (χ1n) is 11.1. The number of carbonyl (C=O) groups excluding carboxylic acids is 2. The van der Waals surface area contributed by atoms with Gasteiger partial charge in [0.15, 0.2) is 0 Å². The fourth-order valence-electron chi connectivity index (χ4n) is 4.62. The highest BCUT2D eigenvalue weighted by atomic mass is 16.2. The van der Waals surface area contributed by atoms with Crippen molar-refractivity contribution in [2.45, 2.75) is 65.1 Å². The molecule has 0 bridgehead atoms. The molecule has 1 aromatic carbocycles. The molecule has 1 aliphatic heterocycles. The smallest absolute Gasteiger partial charge is 0.243 e. The number of hydrogen-bond donors (Lipinski definition) is 0. The van der Waals surface area contributed by atoms with Gasteiger partial charge in [-0.25, -0.2) is 0 Å². The van der Waals surface area contributed by atoms with Crippen LogP contribution in [0.1, 0.15) is 62.9 Å². The molecule has 30 heavy (non-hydrogen) atoms. The summed E-state index contributed by atoms with van der Waals surface area (Å²) >= 11 is 0. The summed E-state index contributed by atoms with van der Waals surface area (Å²) in [6.07, 6.45) is 5.09. The number of aromatic nitrogens is 1. The Morgan fingerprint density at radius 1 is 1.07 bits per heavy atom. The molecule has 1 aromatic heterocycles. The summed E-state index contributed by atoms with van der Waals surface area (Å²) in [6.45, 7) is 9.74. The second-order valence-electron chi connectivity index (χ2n) is 9.70. The standard InChI is InChI=1S/C25H33N3O2/c1-18-9-5-6-12-20(18)23-21-13-8-14-26(21)15-16-27(23)22(29)17-28(25(2,3)4)24(30)19-10-7-11-19/h5-6,8-9,12-14,19,23H,7,10-11,15-17H2,1-4H3/t23-/m1/s1. The second kappa shape index (κ2) is 7.93. The van der Waals surface area contributed by atoms with E-state index in [2.05, 4.69) is 42.0 Å². The van der Waals surface area contributed by atoms with Crippen molar-refractivity contribution in [1.82, 2.24) is 14.4 Å². The van der Waals surface area contributed by atoms with Crippen LogP contribution in [0.15, 0.2) is 42.6 Å². The molecule has 1 fully saturated rings. The van der Waals surface area contributed by atoms with Crippen LogP contribution in [-0.2, 0) is 16.1 Å². The summed E-state index contributed by atoms with van der Waals surface area (Å²) in [5, 5.41) is 0. The first kappa shape index (κ1) is 20.7. The van der Waals surface area contributed by atoms with Gasteiger partial charge in [0.2, 0.25) is 11.8 Å². The predicted octanol–water partition coefficient (Wildman–Crippen LogP) is 4.16. The zero-order chi connectivity index (χ0) is 21.5. The third-order valence-electron chi connectivity index (χ3n) is 6.67. The van der Waals surface area contributed by atoms with E-state index < -0.39 is 0 Å². The van der Waals surface area contributed by atoms with Gasteiger partial charge in [0.05, 0.1) is 6.04 Å². The Kier molecular flexibility index (Phi) is 5.48. The molecule has 1 saturated carbocycles. The van der Waals surface area contributed by atoms with E-state index in [0.29, 0.717) is 6.54 Å². The van der Waals surface area contributed by atoms with Crippen LogP contribution in [0.2, 0.25) is 0 Å². The van der Waals surface area contributed by atoms with E-state index >= 15 is 0 Å². The number of rotatable bonds is 4. The van der Waals surface area contributed by atoms with Gasteiger partial charge in [0.1, 0.15) is 6.54 Å². The van der Waals surface area contributed by atoms with Crippen LogP contribution in [0.5, 0.6) is 0 Å². The van der Waals surface area contributed by atoms with E-state index in [1.807, 2.05) is 42.7 Å². The fourth-order valence-corrected chi connectivity index (χ4v) is 4.62. The highest BCUT2D eigenvalue weighted by Crippen LogP contribution is 2.35. The molecule has 0 radical (unpaired) electrons. The summed E-state index contributed by atoms with van der Waals surface area (Å²) in [7, 11) is 0. The third kappa shape index (κ3) is 3.78. The van der Waals surface area contributed by atoms with Crippen LogP contribution in [0.4, 0.5) is 0 Å². The molecule has 160 valence electrons. The Hall–Kier alpha value is -2.56. The average Bonchev–Trinajstić information content (AvgIpc) is 3.12. The molecule has 1 aliphatic carbocycles. The van der Waals surface area contributed by atoms with Crippen LogP contribution >= 0.6 is 0 Å². The Morgan fingerprint density at radius 3 is 2.43 bits per heavy atom. The number of benzene rings is 1. The maximum Gasteiger partial charge on any atom is 0.243 e. The van der Waals surface area contributed by atoms with Gasteiger partial charge < -0.3 is 14.4 Å². The molecule has 5 nitrogen and oxygen atoms in total. The summed E-state index contributed by atoms with van der Waals surface area (Å²) in [4.78, 5) is 30.5. The number of nitrogens with zero attached hydrogens (tertiary/aromatic N) is 3. The molecule has 0 unspecified atom stereocenters. The largest absolute Gasteiger partial charge is 0.348 e. The first-order chi connectivity index (χ1) is 14.3. The molecular weight excluding hydrogens is 374 g/mol. The topological polar surface area (TPSA) is 45.6 Å². The molecule has 4 rings (SSSR count). The van der Waals surface area contributed by atoms with Crippen molar-refractivity contribution in [3.05, 3.63) is 59.4 Å². The van der Waals surface area contributed by atoms with Gasteiger partial charge in [-0.2, -0.15) is 0 Å². The Labute approximate surface area is 179 Å². The highest BCUT2D eigenvalue weighted by molar-refractivity contribution is 5.87. The van der Waals surface area contributed by atoms with Crippen molar-refractivity contribution in [3.63, 3.8) is 0 Å². The summed E-state index contributed by atoms with van der Waals surface area (Å²) in [6, 6.07) is 12.3. The minimum Gasteiger partial charge on any atom is -0.348 e. The highest BCUT2D eigenvalue weighted by Gasteiger charge is 2.39. The third-order valence-corrected chi connectivity index (χ3v) is 6.67. The van der Waals surface area contributed by atoms with E-state index in [4.69, 9.17) is 0 Å². The van der Waals surface area contributed by atoms with Gasteiger partial charge in [0, 0.05) is 36.4 Å². The van der Waals surface area contributed by atoms with E-state index in [-0.39, 0.29) is 35.9 Å². The first-order valence-corrected chi connectivity index (χ1v) is 11.1. The normalized spacial score (nSPS) is 19.2. The van der Waals surface area contributed by atoms with Gasteiger partial charge in [-0.05, 0) is 63.8 Å². The van der Waals surface area contributed by atoms with Gasteiger partial charge in [-0.1, -0.05) is 30.7 Å². The van der Waals surface area contributed by atoms with Crippen molar-refractivity contribution in [2.75, 3.05) is 13.1 Å². The molecule has 5 heteroatoms. The molecule has 2 aromatic rings. The lowest BCUT2D eigenvalue weighted by atomic mass is 9.83. The minimum absolute atomic E-state index is 0.0262. The van der Waals surface area contributed by atoms with Crippen molar-refractivity contribution in [3.8, 4) is 0 Å². The van der Waals surface area contributed by atoms with Crippen LogP contribution in [0.25, 0.3) is 0 Å². The maximum atomic E-state index is 13.6. The van der Waals surface area contributed by atoms with Crippen LogP contribution in [0, 0.1) is 12.8 Å². The number of carbonyl (C=O) groups is 2. The lowest BCUT2D eigenvalue weighted by Crippen LogP contribution is -2.55. The fraction of sp³-hybridized carbons (Fsp3) is 0.520. The van der Waals surface area contributed by atoms with Gasteiger partial charge in [-0.15, -0.1) is 0 Å².